The molecule has 1 atom stereocenters. The third kappa shape index (κ3) is 31.8. The SMILES string of the molecule is CC/C=C\C/C=C\C/C=C\C/C=C\C/C=C\CC(=O)OC(/C=C\CCCCCCCC)CCCCCCC(=O)NCC(=O)O. The maximum absolute atomic E-state index is 12.5. The van der Waals surface area contributed by atoms with Crippen molar-refractivity contribution >= 4 is 17.8 Å². The lowest BCUT2D eigenvalue weighted by atomic mass is 10.1. The Labute approximate surface area is 268 Å². The number of esters is 1. The Morgan fingerprint density at radius 2 is 1.20 bits per heavy atom. The maximum atomic E-state index is 12.5. The van der Waals surface area contributed by atoms with Crippen LogP contribution in [0.25, 0.3) is 0 Å². The van der Waals surface area contributed by atoms with Crippen LogP contribution in [0.3, 0.4) is 0 Å². The molecule has 248 valence electrons. The normalized spacial score (nSPS) is 13.0. The first-order chi connectivity index (χ1) is 21.5. The molecule has 0 fully saturated rings. The van der Waals surface area contributed by atoms with Gasteiger partial charge < -0.3 is 15.2 Å². The van der Waals surface area contributed by atoms with E-state index < -0.39 is 5.97 Å². The summed E-state index contributed by atoms with van der Waals surface area (Å²) in [6.45, 7) is 4.03. The maximum Gasteiger partial charge on any atom is 0.322 e. The van der Waals surface area contributed by atoms with Gasteiger partial charge in [-0.05, 0) is 70.3 Å². The molecule has 0 aliphatic heterocycles. The lowest BCUT2D eigenvalue weighted by Crippen LogP contribution is -2.28. The number of carboxylic acid groups (broad SMARTS) is 1. The summed E-state index contributed by atoms with van der Waals surface area (Å²) in [5.74, 6) is -1.48. The smallest absolute Gasteiger partial charge is 0.322 e. The second kappa shape index (κ2) is 32.8. The van der Waals surface area contributed by atoms with Crippen LogP contribution in [0.1, 0.15) is 136 Å². The van der Waals surface area contributed by atoms with Crippen molar-refractivity contribution in [3.05, 3.63) is 72.9 Å². The predicted octanol–water partition coefficient (Wildman–Crippen LogP) is 9.89. The van der Waals surface area contributed by atoms with Crippen LogP contribution < -0.4 is 5.32 Å². The number of carbonyl (C=O) groups excluding carboxylic acids is 2. The van der Waals surface area contributed by atoms with Crippen LogP contribution in [0.5, 0.6) is 0 Å². The van der Waals surface area contributed by atoms with E-state index in [-0.39, 0.29) is 30.9 Å². The van der Waals surface area contributed by atoms with Gasteiger partial charge in [0.2, 0.25) is 5.91 Å². The summed E-state index contributed by atoms with van der Waals surface area (Å²) < 4.78 is 5.80. The number of amides is 1. The minimum absolute atomic E-state index is 0.212. The largest absolute Gasteiger partial charge is 0.480 e. The fraction of sp³-hybridized carbons (Fsp3) is 0.605. The Bertz CT molecular complexity index is 897. The zero-order valence-electron chi connectivity index (χ0n) is 27.7. The molecule has 0 saturated carbocycles. The van der Waals surface area contributed by atoms with Gasteiger partial charge in [0.1, 0.15) is 12.6 Å². The monoisotopic (exact) mass is 611 g/mol. The second-order valence-corrected chi connectivity index (χ2v) is 11.0. The van der Waals surface area contributed by atoms with E-state index in [2.05, 4.69) is 73.8 Å². The standard InChI is InChI=1S/C38H61NO5/c1-3-5-7-9-11-13-14-15-16-17-18-19-21-23-29-33-38(43)44-35(30-26-22-20-12-10-8-6-4-2)31-27-24-25-28-32-36(40)39-34-37(41)42/h5,7,11,13,15-16,18-19,23,26,29-30,35H,3-4,6,8-10,12,14,17,20-22,24-25,27-28,31-34H2,1-2H3,(H,39,40)(H,41,42)/b7-5-,13-11-,16-15-,19-18-,29-23-,30-26-. The zero-order chi connectivity index (χ0) is 32.4. The van der Waals surface area contributed by atoms with Crippen LogP contribution in [0.15, 0.2) is 72.9 Å². The van der Waals surface area contributed by atoms with Gasteiger partial charge in [-0.3, -0.25) is 14.4 Å². The molecule has 6 nitrogen and oxygen atoms in total. The van der Waals surface area contributed by atoms with E-state index in [1.807, 2.05) is 18.2 Å². The van der Waals surface area contributed by atoms with Crippen molar-refractivity contribution in [3.8, 4) is 0 Å². The number of nitrogens with one attached hydrogen (secondary N) is 1. The summed E-state index contributed by atoms with van der Waals surface area (Å²) in [4.78, 5) is 34.7. The molecule has 0 heterocycles. The molecule has 0 spiro atoms. The van der Waals surface area contributed by atoms with Gasteiger partial charge in [-0.25, -0.2) is 0 Å². The highest BCUT2D eigenvalue weighted by molar-refractivity contribution is 5.80. The van der Waals surface area contributed by atoms with Gasteiger partial charge >= 0.3 is 11.9 Å². The zero-order valence-corrected chi connectivity index (χ0v) is 27.7. The second-order valence-electron chi connectivity index (χ2n) is 11.0. The third-order valence-electron chi connectivity index (χ3n) is 6.88. The molecule has 0 rings (SSSR count). The predicted molar refractivity (Wildman–Crippen MR) is 184 cm³/mol. The van der Waals surface area contributed by atoms with Crippen LogP contribution in [-0.2, 0) is 19.1 Å². The first kappa shape index (κ1) is 40.9. The van der Waals surface area contributed by atoms with Gasteiger partial charge in [0.05, 0.1) is 6.42 Å². The van der Waals surface area contributed by atoms with Gasteiger partial charge in [-0.15, -0.1) is 0 Å². The Hall–Kier alpha value is -3.15. The van der Waals surface area contributed by atoms with Crippen LogP contribution in [-0.4, -0.2) is 35.6 Å². The summed E-state index contributed by atoms with van der Waals surface area (Å²) >= 11 is 0. The Kier molecular flexibility index (Phi) is 30.4. The molecule has 0 aromatic carbocycles. The van der Waals surface area contributed by atoms with Crippen LogP contribution in [0.4, 0.5) is 0 Å². The number of hydrogen-bond donors (Lipinski definition) is 2. The Morgan fingerprint density at radius 3 is 1.82 bits per heavy atom. The quantitative estimate of drug-likeness (QED) is 0.0499. The van der Waals surface area contributed by atoms with Gasteiger partial charge in [-0.2, -0.15) is 0 Å². The molecule has 0 radical (unpaired) electrons. The minimum atomic E-state index is -1.04. The van der Waals surface area contributed by atoms with Crippen molar-refractivity contribution in [2.75, 3.05) is 6.54 Å². The van der Waals surface area contributed by atoms with Crippen molar-refractivity contribution in [1.82, 2.24) is 5.32 Å². The first-order valence-electron chi connectivity index (χ1n) is 17.1. The number of aliphatic carboxylic acids is 1. The fourth-order valence-electron chi connectivity index (χ4n) is 4.38. The molecule has 2 N–H and O–H groups in total. The van der Waals surface area contributed by atoms with Gasteiger partial charge in [0, 0.05) is 6.42 Å². The third-order valence-corrected chi connectivity index (χ3v) is 6.88. The lowest BCUT2D eigenvalue weighted by Gasteiger charge is -2.14. The lowest BCUT2D eigenvalue weighted by molar-refractivity contribution is -0.146. The molecule has 1 unspecified atom stereocenters. The molecule has 0 saturated heterocycles. The van der Waals surface area contributed by atoms with Crippen molar-refractivity contribution in [1.29, 1.82) is 0 Å². The van der Waals surface area contributed by atoms with E-state index in [1.165, 1.54) is 32.1 Å². The number of rotatable bonds is 29. The van der Waals surface area contributed by atoms with Crippen molar-refractivity contribution in [2.45, 2.75) is 142 Å². The van der Waals surface area contributed by atoms with Gasteiger partial charge in [0.25, 0.3) is 0 Å². The summed E-state index contributed by atoms with van der Waals surface area (Å²) in [5, 5.41) is 11.0. The highest BCUT2D eigenvalue weighted by Gasteiger charge is 2.11. The van der Waals surface area contributed by atoms with E-state index in [9.17, 15) is 14.4 Å². The van der Waals surface area contributed by atoms with Crippen LogP contribution in [0, 0.1) is 0 Å². The minimum Gasteiger partial charge on any atom is -0.480 e. The summed E-state index contributed by atoms with van der Waals surface area (Å²) in [7, 11) is 0. The average Bonchev–Trinajstić information content (AvgIpc) is 3.00. The Morgan fingerprint density at radius 1 is 0.659 bits per heavy atom. The molecule has 6 heteroatoms. The average molecular weight is 612 g/mol. The van der Waals surface area contributed by atoms with Crippen LogP contribution in [0.2, 0.25) is 0 Å². The molecule has 0 bridgehead atoms. The number of allylic oxidation sites excluding steroid dienone is 10. The summed E-state index contributed by atoms with van der Waals surface area (Å²) in [6.07, 6.45) is 43.3. The molecule has 1 amide bonds. The van der Waals surface area contributed by atoms with E-state index >= 15 is 0 Å². The Balaban J connectivity index is 4.39. The summed E-state index contributed by atoms with van der Waals surface area (Å²) in [6, 6.07) is 0. The molecule has 0 aliphatic rings. The van der Waals surface area contributed by atoms with Gasteiger partial charge in [-0.1, -0.05) is 126 Å². The number of hydrogen-bond acceptors (Lipinski definition) is 4. The number of carboxylic acids is 1. The molecule has 0 aromatic heterocycles. The van der Waals surface area contributed by atoms with Crippen molar-refractivity contribution in [2.24, 2.45) is 0 Å². The number of unbranched alkanes of at least 4 members (excludes halogenated alkanes) is 9. The topological polar surface area (TPSA) is 92.7 Å². The molecule has 44 heavy (non-hydrogen) atoms. The van der Waals surface area contributed by atoms with Crippen LogP contribution >= 0.6 is 0 Å². The first-order valence-corrected chi connectivity index (χ1v) is 17.1. The highest BCUT2D eigenvalue weighted by atomic mass is 16.5. The molecule has 0 aliphatic carbocycles. The summed E-state index contributed by atoms with van der Waals surface area (Å²) in [5.41, 5.74) is 0. The van der Waals surface area contributed by atoms with Gasteiger partial charge in [0.15, 0.2) is 0 Å². The van der Waals surface area contributed by atoms with E-state index in [1.54, 1.807) is 0 Å². The fourth-order valence-corrected chi connectivity index (χ4v) is 4.38. The highest BCUT2D eigenvalue weighted by Crippen LogP contribution is 2.14. The molecule has 0 aromatic rings. The van der Waals surface area contributed by atoms with Crippen molar-refractivity contribution < 1.29 is 24.2 Å². The van der Waals surface area contributed by atoms with E-state index in [4.69, 9.17) is 9.84 Å². The van der Waals surface area contributed by atoms with E-state index in [0.717, 1.165) is 70.6 Å². The van der Waals surface area contributed by atoms with E-state index in [0.29, 0.717) is 12.8 Å². The number of ether oxygens (including phenoxy) is 1. The molecular formula is C38H61NO5. The number of carbonyl (C=O) groups is 3. The molecular weight excluding hydrogens is 550 g/mol. The van der Waals surface area contributed by atoms with Crippen molar-refractivity contribution in [3.63, 3.8) is 0 Å².